The Kier molecular flexibility index (Phi) is 1.98. The molecule has 0 aliphatic carbocycles. The lowest BCUT2D eigenvalue weighted by Crippen LogP contribution is -2.09. The molecular formula is C9H7N3O2. The number of fused-ring (bicyclic) bond motifs is 1. The van der Waals surface area contributed by atoms with Crippen molar-refractivity contribution in [2.45, 2.75) is 0 Å². The molecule has 5 nitrogen and oxygen atoms in total. The van der Waals surface area contributed by atoms with Crippen molar-refractivity contribution in [1.82, 2.24) is 14.6 Å². The summed E-state index contributed by atoms with van der Waals surface area (Å²) in [7, 11) is 0. The van der Waals surface area contributed by atoms with E-state index in [4.69, 9.17) is 0 Å². The van der Waals surface area contributed by atoms with Crippen molar-refractivity contribution in [2.75, 3.05) is 0 Å². The van der Waals surface area contributed by atoms with E-state index in [1.54, 1.807) is 18.3 Å². The average molecular weight is 189 g/mol. The molecule has 0 aromatic carbocycles. The molecule has 0 aliphatic rings. The molecule has 14 heavy (non-hydrogen) atoms. The Morgan fingerprint density at radius 3 is 3.07 bits per heavy atom. The molecule has 0 amide bonds. The number of rotatable bonds is 2. The number of nitrogens with one attached hydrogen (secondary N) is 1. The van der Waals surface area contributed by atoms with Crippen molar-refractivity contribution < 1.29 is 4.79 Å². The highest BCUT2D eigenvalue weighted by Gasteiger charge is 2.00. The van der Waals surface area contributed by atoms with Gasteiger partial charge in [-0.2, -0.15) is 5.10 Å². The van der Waals surface area contributed by atoms with Crippen LogP contribution in [-0.4, -0.2) is 20.9 Å². The average Bonchev–Trinajstić information content (AvgIpc) is 2.59. The van der Waals surface area contributed by atoms with Crippen molar-refractivity contribution in [3.63, 3.8) is 0 Å². The molecule has 0 radical (unpaired) electrons. The Morgan fingerprint density at radius 2 is 2.36 bits per heavy atom. The summed E-state index contributed by atoms with van der Waals surface area (Å²) >= 11 is 0. The Bertz CT molecular complexity index is 550. The van der Waals surface area contributed by atoms with Crippen molar-refractivity contribution in [3.05, 3.63) is 40.6 Å². The first-order valence-electron chi connectivity index (χ1n) is 3.99. The van der Waals surface area contributed by atoms with Crippen molar-refractivity contribution >= 4 is 17.9 Å². The molecule has 0 fully saturated rings. The third-order valence-corrected chi connectivity index (χ3v) is 1.80. The quantitative estimate of drug-likeness (QED) is 0.543. The summed E-state index contributed by atoms with van der Waals surface area (Å²) in [5.74, 6) is 0. The molecule has 5 heteroatoms. The van der Waals surface area contributed by atoms with Gasteiger partial charge in [0.2, 0.25) is 0 Å². The van der Waals surface area contributed by atoms with E-state index in [9.17, 15) is 9.59 Å². The van der Waals surface area contributed by atoms with Gasteiger partial charge in [-0.15, -0.1) is 0 Å². The summed E-state index contributed by atoms with van der Waals surface area (Å²) in [6, 6.07) is 1.66. The van der Waals surface area contributed by atoms with Gasteiger partial charge in [-0.1, -0.05) is 6.08 Å². The van der Waals surface area contributed by atoms with E-state index in [0.717, 1.165) is 5.56 Å². The van der Waals surface area contributed by atoms with Crippen LogP contribution >= 0.6 is 0 Å². The molecule has 0 saturated carbocycles. The van der Waals surface area contributed by atoms with Gasteiger partial charge in [-0.3, -0.25) is 9.59 Å². The number of nitrogens with zero attached hydrogens (tertiary/aromatic N) is 2. The van der Waals surface area contributed by atoms with Crippen LogP contribution in [0.25, 0.3) is 11.6 Å². The smallest absolute Gasteiger partial charge is 0.275 e. The first-order valence-corrected chi connectivity index (χ1v) is 3.99. The van der Waals surface area contributed by atoms with Gasteiger partial charge in [0.05, 0.1) is 0 Å². The highest BCUT2D eigenvalue weighted by atomic mass is 16.1. The number of aldehydes is 1. The number of allylic oxidation sites excluding steroid dienone is 1. The summed E-state index contributed by atoms with van der Waals surface area (Å²) in [4.78, 5) is 23.8. The minimum absolute atomic E-state index is 0.203. The van der Waals surface area contributed by atoms with Gasteiger partial charge in [0, 0.05) is 6.20 Å². The minimum atomic E-state index is -0.203. The van der Waals surface area contributed by atoms with Gasteiger partial charge in [-0.05, 0) is 17.7 Å². The van der Waals surface area contributed by atoms with Crippen LogP contribution in [0.15, 0.2) is 29.5 Å². The summed E-state index contributed by atoms with van der Waals surface area (Å²) < 4.78 is 1.46. The predicted octanol–water partition coefficient (Wildman–Crippen LogP) is 0.235. The molecule has 0 atom stereocenters. The third kappa shape index (κ3) is 1.35. The fraction of sp³-hybridized carbons (Fsp3) is 0. The van der Waals surface area contributed by atoms with Gasteiger partial charge >= 0.3 is 0 Å². The van der Waals surface area contributed by atoms with Crippen LogP contribution in [0.2, 0.25) is 0 Å². The van der Waals surface area contributed by atoms with E-state index < -0.39 is 0 Å². The maximum Gasteiger partial charge on any atom is 0.275 e. The summed E-state index contributed by atoms with van der Waals surface area (Å²) in [6.07, 6.45) is 6.65. The number of aromatic nitrogens is 3. The van der Waals surface area contributed by atoms with Gasteiger partial charge in [0.15, 0.2) is 0 Å². The SMILES string of the molecule is O=CC=Cc1cc2c(=O)[nH]cnn2c1. The van der Waals surface area contributed by atoms with Crippen LogP contribution in [0.3, 0.4) is 0 Å². The van der Waals surface area contributed by atoms with Gasteiger partial charge in [-0.25, -0.2) is 4.52 Å². The number of hydrogen-bond acceptors (Lipinski definition) is 3. The van der Waals surface area contributed by atoms with E-state index in [-0.39, 0.29) is 5.56 Å². The Balaban J connectivity index is 2.62. The van der Waals surface area contributed by atoms with Crippen LogP contribution in [0.1, 0.15) is 5.56 Å². The van der Waals surface area contributed by atoms with Crippen molar-refractivity contribution in [2.24, 2.45) is 0 Å². The highest BCUT2D eigenvalue weighted by molar-refractivity contribution is 5.74. The molecule has 2 rings (SSSR count). The lowest BCUT2D eigenvalue weighted by atomic mass is 10.3. The fourth-order valence-electron chi connectivity index (χ4n) is 1.20. The first kappa shape index (κ1) is 8.43. The van der Waals surface area contributed by atoms with E-state index in [1.807, 2.05) is 0 Å². The van der Waals surface area contributed by atoms with E-state index in [2.05, 4.69) is 10.1 Å². The van der Waals surface area contributed by atoms with E-state index in [1.165, 1.54) is 16.9 Å². The predicted molar refractivity (Wildman–Crippen MR) is 50.9 cm³/mol. The second kappa shape index (κ2) is 3.29. The van der Waals surface area contributed by atoms with Gasteiger partial charge < -0.3 is 4.98 Å². The third-order valence-electron chi connectivity index (χ3n) is 1.80. The van der Waals surface area contributed by atoms with Gasteiger partial charge in [0.25, 0.3) is 5.56 Å². The number of H-pyrrole nitrogens is 1. The van der Waals surface area contributed by atoms with Gasteiger partial charge in [0.1, 0.15) is 18.1 Å². The molecule has 2 aromatic heterocycles. The molecule has 1 N–H and O–H groups in total. The second-order valence-electron chi connectivity index (χ2n) is 2.72. The number of carbonyl (C=O) groups excluding carboxylic acids is 1. The Morgan fingerprint density at radius 1 is 1.50 bits per heavy atom. The molecule has 0 aliphatic heterocycles. The topological polar surface area (TPSA) is 67.2 Å². The lowest BCUT2D eigenvalue weighted by molar-refractivity contribution is -0.104. The minimum Gasteiger partial charge on any atom is -0.310 e. The van der Waals surface area contributed by atoms with Crippen molar-refractivity contribution in [3.8, 4) is 0 Å². The summed E-state index contributed by atoms with van der Waals surface area (Å²) in [6.45, 7) is 0. The molecule has 70 valence electrons. The lowest BCUT2D eigenvalue weighted by Gasteiger charge is -1.87. The molecule has 0 bridgehead atoms. The number of aromatic amines is 1. The van der Waals surface area contributed by atoms with Crippen LogP contribution in [0.4, 0.5) is 0 Å². The molecule has 2 aromatic rings. The van der Waals surface area contributed by atoms with Crippen molar-refractivity contribution in [1.29, 1.82) is 0 Å². The maximum atomic E-state index is 11.3. The maximum absolute atomic E-state index is 11.3. The zero-order valence-corrected chi connectivity index (χ0v) is 7.18. The van der Waals surface area contributed by atoms with Crippen LogP contribution < -0.4 is 5.56 Å². The zero-order chi connectivity index (χ0) is 9.97. The normalized spacial score (nSPS) is 11.1. The largest absolute Gasteiger partial charge is 0.310 e. The summed E-state index contributed by atoms with van der Waals surface area (Å²) in [5.41, 5.74) is 1.02. The fourth-order valence-corrected chi connectivity index (χ4v) is 1.20. The van der Waals surface area contributed by atoms with Crippen LogP contribution in [0.5, 0.6) is 0 Å². The molecule has 0 spiro atoms. The number of hydrogen-bond donors (Lipinski definition) is 1. The van der Waals surface area contributed by atoms with E-state index in [0.29, 0.717) is 11.8 Å². The summed E-state index contributed by atoms with van der Waals surface area (Å²) in [5, 5.41) is 3.91. The standard InChI is InChI=1S/C9H7N3O2/c13-3-1-2-7-4-8-9(14)10-6-11-12(8)5-7/h1-6H,(H,10,11,14). The van der Waals surface area contributed by atoms with Crippen LogP contribution in [-0.2, 0) is 4.79 Å². The molecule has 2 heterocycles. The zero-order valence-electron chi connectivity index (χ0n) is 7.18. The molecule has 0 unspecified atom stereocenters. The molecular weight excluding hydrogens is 182 g/mol. The molecule has 0 saturated heterocycles. The number of carbonyl (C=O) groups is 1. The monoisotopic (exact) mass is 189 g/mol. The Hall–Kier alpha value is -2.17. The first-order chi connectivity index (χ1) is 6.81. The highest BCUT2D eigenvalue weighted by Crippen LogP contribution is 2.05. The second-order valence-corrected chi connectivity index (χ2v) is 2.72. The Labute approximate surface area is 78.7 Å². The van der Waals surface area contributed by atoms with E-state index >= 15 is 0 Å². The van der Waals surface area contributed by atoms with Crippen LogP contribution in [0, 0.1) is 0 Å².